The Bertz CT molecular complexity index is 229. The van der Waals surface area contributed by atoms with E-state index in [0.717, 1.165) is 12.8 Å². The minimum Gasteiger partial charge on any atom is -0.292 e. The molecule has 1 saturated heterocycles. The van der Waals surface area contributed by atoms with E-state index in [1.807, 2.05) is 6.92 Å². The summed E-state index contributed by atoms with van der Waals surface area (Å²) in [5.74, 6) is 0.351. The van der Waals surface area contributed by atoms with Gasteiger partial charge in [0.2, 0.25) is 0 Å². The zero-order valence-electron chi connectivity index (χ0n) is 10.6. The standard InChI is InChI=1S/C12H22F3N/c1-9-10(11(2,3)4)6-5-7-16(9)8-12(13,14)15/h9-10H,5-8H2,1-4H3. The van der Waals surface area contributed by atoms with E-state index in [4.69, 9.17) is 0 Å². The summed E-state index contributed by atoms with van der Waals surface area (Å²) in [6.07, 6.45) is -2.16. The van der Waals surface area contributed by atoms with Gasteiger partial charge in [-0.15, -0.1) is 0 Å². The molecule has 0 spiro atoms. The van der Waals surface area contributed by atoms with Crippen LogP contribution in [-0.4, -0.2) is 30.2 Å². The van der Waals surface area contributed by atoms with Crippen LogP contribution in [-0.2, 0) is 0 Å². The first kappa shape index (κ1) is 13.8. The van der Waals surface area contributed by atoms with E-state index in [9.17, 15) is 13.2 Å². The first-order chi connectivity index (χ1) is 7.11. The zero-order chi connectivity index (χ0) is 12.6. The molecule has 16 heavy (non-hydrogen) atoms. The third kappa shape index (κ3) is 3.65. The van der Waals surface area contributed by atoms with E-state index >= 15 is 0 Å². The van der Waals surface area contributed by atoms with Crippen LogP contribution in [0.4, 0.5) is 13.2 Å². The Morgan fingerprint density at radius 2 is 1.75 bits per heavy atom. The van der Waals surface area contributed by atoms with Gasteiger partial charge in [0.15, 0.2) is 0 Å². The monoisotopic (exact) mass is 237 g/mol. The maximum Gasteiger partial charge on any atom is 0.401 e. The predicted molar refractivity (Wildman–Crippen MR) is 59.3 cm³/mol. The van der Waals surface area contributed by atoms with Crippen LogP contribution < -0.4 is 0 Å². The van der Waals surface area contributed by atoms with Gasteiger partial charge >= 0.3 is 6.18 Å². The molecule has 0 aliphatic carbocycles. The van der Waals surface area contributed by atoms with Gasteiger partial charge in [0.25, 0.3) is 0 Å². The van der Waals surface area contributed by atoms with Crippen LogP contribution in [0.5, 0.6) is 0 Å². The molecule has 1 nitrogen and oxygen atoms in total. The van der Waals surface area contributed by atoms with Crippen LogP contribution in [0.3, 0.4) is 0 Å². The lowest BCUT2D eigenvalue weighted by molar-refractivity contribution is -0.158. The van der Waals surface area contributed by atoms with Gasteiger partial charge in [0, 0.05) is 6.04 Å². The maximum atomic E-state index is 12.4. The molecule has 0 saturated carbocycles. The van der Waals surface area contributed by atoms with Crippen molar-refractivity contribution in [3.8, 4) is 0 Å². The number of likely N-dealkylation sites (tertiary alicyclic amines) is 1. The maximum absolute atomic E-state index is 12.4. The summed E-state index contributed by atoms with van der Waals surface area (Å²) in [6, 6.07) is 0.0235. The zero-order valence-corrected chi connectivity index (χ0v) is 10.6. The van der Waals surface area contributed by atoms with Crippen molar-refractivity contribution in [1.82, 2.24) is 4.90 Å². The second kappa shape index (κ2) is 4.55. The molecule has 1 fully saturated rings. The van der Waals surface area contributed by atoms with Gasteiger partial charge in [0.05, 0.1) is 6.54 Å². The lowest BCUT2D eigenvalue weighted by Crippen LogP contribution is -2.50. The molecule has 0 aromatic rings. The van der Waals surface area contributed by atoms with Crippen molar-refractivity contribution in [1.29, 1.82) is 0 Å². The average Bonchev–Trinajstić information content (AvgIpc) is 2.04. The highest BCUT2D eigenvalue weighted by Gasteiger charge is 2.40. The number of nitrogens with zero attached hydrogens (tertiary/aromatic N) is 1. The number of alkyl halides is 3. The fraction of sp³-hybridized carbons (Fsp3) is 1.00. The van der Waals surface area contributed by atoms with Crippen molar-refractivity contribution in [3.05, 3.63) is 0 Å². The molecule has 2 unspecified atom stereocenters. The molecule has 96 valence electrons. The lowest BCUT2D eigenvalue weighted by Gasteiger charge is -2.45. The molecule has 0 amide bonds. The number of piperidine rings is 1. The van der Waals surface area contributed by atoms with Gasteiger partial charge in [-0.2, -0.15) is 13.2 Å². The highest BCUT2D eigenvalue weighted by atomic mass is 19.4. The highest BCUT2D eigenvalue weighted by molar-refractivity contribution is 4.88. The molecule has 4 heteroatoms. The molecule has 1 aliphatic rings. The van der Waals surface area contributed by atoms with E-state index in [-0.39, 0.29) is 11.5 Å². The van der Waals surface area contributed by atoms with Gasteiger partial charge < -0.3 is 0 Å². The van der Waals surface area contributed by atoms with E-state index in [1.165, 1.54) is 0 Å². The third-order valence-electron chi connectivity index (χ3n) is 3.61. The fourth-order valence-corrected chi connectivity index (χ4v) is 2.82. The molecule has 1 aliphatic heterocycles. The molecule has 0 N–H and O–H groups in total. The molecule has 1 heterocycles. The van der Waals surface area contributed by atoms with Crippen LogP contribution in [0.25, 0.3) is 0 Å². The topological polar surface area (TPSA) is 3.24 Å². The first-order valence-corrected chi connectivity index (χ1v) is 5.92. The minimum atomic E-state index is -4.08. The van der Waals surface area contributed by atoms with Crippen LogP contribution in [0.2, 0.25) is 0 Å². The predicted octanol–water partition coefficient (Wildman–Crippen LogP) is 3.70. The summed E-state index contributed by atoms with van der Waals surface area (Å²) < 4.78 is 37.2. The van der Waals surface area contributed by atoms with Gasteiger partial charge in [-0.25, -0.2) is 0 Å². The molecular weight excluding hydrogens is 215 g/mol. The second-order valence-corrected chi connectivity index (χ2v) is 5.94. The first-order valence-electron chi connectivity index (χ1n) is 5.92. The number of rotatable bonds is 1. The summed E-state index contributed by atoms with van der Waals surface area (Å²) in [4.78, 5) is 1.58. The van der Waals surface area contributed by atoms with E-state index in [2.05, 4.69) is 20.8 Å². The van der Waals surface area contributed by atoms with Gasteiger partial charge in [-0.3, -0.25) is 4.90 Å². The lowest BCUT2D eigenvalue weighted by atomic mass is 9.72. The smallest absolute Gasteiger partial charge is 0.292 e. The van der Waals surface area contributed by atoms with Crippen molar-refractivity contribution < 1.29 is 13.2 Å². The van der Waals surface area contributed by atoms with Crippen molar-refractivity contribution in [2.24, 2.45) is 11.3 Å². The fourth-order valence-electron chi connectivity index (χ4n) is 2.82. The Labute approximate surface area is 96.0 Å². The third-order valence-corrected chi connectivity index (χ3v) is 3.61. The summed E-state index contributed by atoms with van der Waals surface area (Å²) in [6.45, 7) is 8.09. The minimum absolute atomic E-state index is 0.0235. The van der Waals surface area contributed by atoms with Crippen molar-refractivity contribution >= 4 is 0 Å². The van der Waals surface area contributed by atoms with Gasteiger partial charge in [-0.1, -0.05) is 20.8 Å². The Balaban J connectivity index is 2.68. The normalized spacial score (nSPS) is 29.4. The second-order valence-electron chi connectivity index (χ2n) is 5.94. The van der Waals surface area contributed by atoms with Crippen molar-refractivity contribution in [2.75, 3.05) is 13.1 Å². The highest BCUT2D eigenvalue weighted by Crippen LogP contribution is 2.38. The number of hydrogen-bond acceptors (Lipinski definition) is 1. The summed E-state index contributed by atoms with van der Waals surface area (Å²) >= 11 is 0. The Morgan fingerprint density at radius 3 is 2.19 bits per heavy atom. The van der Waals surface area contributed by atoms with Crippen LogP contribution >= 0.6 is 0 Å². The number of halogens is 3. The summed E-state index contributed by atoms with van der Waals surface area (Å²) in [5.41, 5.74) is 0.0870. The van der Waals surface area contributed by atoms with E-state index in [0.29, 0.717) is 12.5 Å². The number of hydrogen-bond donors (Lipinski definition) is 0. The Kier molecular flexibility index (Phi) is 3.93. The molecule has 0 aromatic carbocycles. The van der Waals surface area contributed by atoms with Crippen molar-refractivity contribution in [3.63, 3.8) is 0 Å². The quantitative estimate of drug-likeness (QED) is 0.672. The molecule has 0 bridgehead atoms. The van der Waals surface area contributed by atoms with Crippen LogP contribution in [0, 0.1) is 11.3 Å². The Morgan fingerprint density at radius 1 is 1.19 bits per heavy atom. The largest absolute Gasteiger partial charge is 0.401 e. The SMILES string of the molecule is CC1C(C(C)(C)C)CCCN1CC(F)(F)F. The van der Waals surface area contributed by atoms with Crippen LogP contribution in [0.15, 0.2) is 0 Å². The van der Waals surface area contributed by atoms with Crippen molar-refractivity contribution in [2.45, 2.75) is 52.8 Å². The van der Waals surface area contributed by atoms with Gasteiger partial charge in [-0.05, 0) is 37.6 Å². The summed E-state index contributed by atoms with van der Waals surface area (Å²) in [7, 11) is 0. The average molecular weight is 237 g/mol. The van der Waals surface area contributed by atoms with E-state index < -0.39 is 12.7 Å². The molecule has 1 rings (SSSR count). The van der Waals surface area contributed by atoms with Crippen LogP contribution in [0.1, 0.15) is 40.5 Å². The molecule has 0 aromatic heterocycles. The summed E-state index contributed by atoms with van der Waals surface area (Å²) in [5, 5.41) is 0. The Hall–Kier alpha value is -0.250. The molecule has 0 radical (unpaired) electrons. The van der Waals surface area contributed by atoms with E-state index in [1.54, 1.807) is 4.90 Å². The molecule has 2 atom stereocenters. The van der Waals surface area contributed by atoms with Gasteiger partial charge in [0.1, 0.15) is 0 Å². The molecular formula is C12H22F3N.